The third-order valence-electron chi connectivity index (χ3n) is 2.56. The van der Waals surface area contributed by atoms with Gasteiger partial charge in [0, 0.05) is 6.61 Å². The predicted molar refractivity (Wildman–Crippen MR) is 70.3 cm³/mol. The van der Waals surface area contributed by atoms with Gasteiger partial charge in [0.2, 0.25) is 11.8 Å². The Labute approximate surface area is 110 Å². The highest BCUT2D eigenvalue weighted by Crippen LogP contribution is 2.31. The molecule has 0 fully saturated rings. The lowest BCUT2D eigenvalue weighted by Crippen LogP contribution is -2.02. The van der Waals surface area contributed by atoms with Crippen LogP contribution < -0.4 is 15.2 Å². The van der Waals surface area contributed by atoms with Crippen molar-refractivity contribution in [2.24, 2.45) is 0 Å². The first kappa shape index (κ1) is 13.1. The maximum atomic E-state index is 9.02. The SMILES string of the molecule is COc1ncnc(Oc2ccccc2CCO)c1N. The van der Waals surface area contributed by atoms with E-state index in [-0.39, 0.29) is 24.1 Å². The van der Waals surface area contributed by atoms with Crippen LogP contribution in [-0.4, -0.2) is 28.8 Å². The van der Waals surface area contributed by atoms with Gasteiger partial charge in [-0.1, -0.05) is 18.2 Å². The lowest BCUT2D eigenvalue weighted by atomic mass is 10.1. The summed E-state index contributed by atoms with van der Waals surface area (Å²) in [6.45, 7) is 0.0446. The zero-order valence-electron chi connectivity index (χ0n) is 10.5. The highest BCUT2D eigenvalue weighted by Gasteiger charge is 2.12. The minimum atomic E-state index is 0.0446. The van der Waals surface area contributed by atoms with Crippen LogP contribution in [0.2, 0.25) is 0 Å². The van der Waals surface area contributed by atoms with Crippen LogP contribution in [0.1, 0.15) is 5.56 Å². The topological polar surface area (TPSA) is 90.5 Å². The minimum absolute atomic E-state index is 0.0446. The fourth-order valence-corrected chi connectivity index (χ4v) is 1.64. The minimum Gasteiger partial charge on any atom is -0.479 e. The summed E-state index contributed by atoms with van der Waals surface area (Å²) in [5.74, 6) is 1.10. The molecule has 100 valence electrons. The normalized spacial score (nSPS) is 10.2. The molecule has 6 nitrogen and oxygen atoms in total. The van der Waals surface area contributed by atoms with Crippen molar-refractivity contribution in [2.75, 3.05) is 19.5 Å². The van der Waals surface area contributed by atoms with Crippen molar-refractivity contribution in [1.82, 2.24) is 9.97 Å². The Morgan fingerprint density at radius 1 is 1.21 bits per heavy atom. The number of aliphatic hydroxyl groups is 1. The molecule has 6 heteroatoms. The molecule has 0 saturated heterocycles. The molecule has 0 amide bonds. The van der Waals surface area contributed by atoms with Crippen molar-refractivity contribution >= 4 is 5.69 Å². The Hall–Kier alpha value is -2.34. The number of methoxy groups -OCH3 is 1. The Morgan fingerprint density at radius 3 is 2.68 bits per heavy atom. The summed E-state index contributed by atoms with van der Waals surface area (Å²) in [5, 5.41) is 9.02. The quantitative estimate of drug-likeness (QED) is 0.845. The zero-order valence-corrected chi connectivity index (χ0v) is 10.5. The molecule has 2 rings (SSSR count). The number of ether oxygens (including phenoxy) is 2. The number of hydrogen-bond donors (Lipinski definition) is 2. The molecule has 19 heavy (non-hydrogen) atoms. The molecular formula is C13H15N3O3. The molecule has 0 bridgehead atoms. The van der Waals surface area contributed by atoms with Crippen LogP contribution >= 0.6 is 0 Å². The lowest BCUT2D eigenvalue weighted by molar-refractivity contribution is 0.297. The molecule has 2 aromatic rings. The van der Waals surface area contributed by atoms with Crippen molar-refractivity contribution < 1.29 is 14.6 Å². The molecule has 0 saturated carbocycles. The highest BCUT2D eigenvalue weighted by molar-refractivity contribution is 5.57. The van der Waals surface area contributed by atoms with Gasteiger partial charge < -0.3 is 20.3 Å². The summed E-state index contributed by atoms with van der Waals surface area (Å²) in [5.41, 5.74) is 6.96. The van der Waals surface area contributed by atoms with Gasteiger partial charge in [-0.25, -0.2) is 0 Å². The maximum absolute atomic E-state index is 9.02. The first-order chi connectivity index (χ1) is 9.26. The number of aromatic nitrogens is 2. The number of aliphatic hydroxyl groups excluding tert-OH is 1. The van der Waals surface area contributed by atoms with E-state index in [1.165, 1.54) is 13.4 Å². The molecule has 3 N–H and O–H groups in total. The molecule has 1 aromatic heterocycles. The van der Waals surface area contributed by atoms with Gasteiger partial charge in [0.1, 0.15) is 12.1 Å². The van der Waals surface area contributed by atoms with Gasteiger partial charge in [-0.05, 0) is 18.1 Å². The summed E-state index contributed by atoms with van der Waals surface area (Å²) in [6, 6.07) is 7.38. The Balaban J connectivity index is 2.31. The van der Waals surface area contributed by atoms with Gasteiger partial charge in [-0.15, -0.1) is 0 Å². The molecule has 0 radical (unpaired) electrons. The van der Waals surface area contributed by atoms with Crippen LogP contribution in [0.4, 0.5) is 5.69 Å². The van der Waals surface area contributed by atoms with Gasteiger partial charge in [0.25, 0.3) is 0 Å². The first-order valence-electron chi connectivity index (χ1n) is 5.77. The van der Waals surface area contributed by atoms with E-state index < -0.39 is 0 Å². The number of nitrogens with zero attached hydrogens (tertiary/aromatic N) is 2. The molecule has 1 aromatic carbocycles. The largest absolute Gasteiger partial charge is 0.479 e. The summed E-state index contributed by atoms with van der Waals surface area (Å²) in [6.07, 6.45) is 1.82. The lowest BCUT2D eigenvalue weighted by Gasteiger charge is -2.12. The molecule has 0 aliphatic heterocycles. The second-order valence-corrected chi connectivity index (χ2v) is 3.79. The van der Waals surface area contributed by atoms with Crippen LogP contribution in [0.3, 0.4) is 0 Å². The van der Waals surface area contributed by atoms with E-state index in [1.807, 2.05) is 18.2 Å². The second-order valence-electron chi connectivity index (χ2n) is 3.79. The highest BCUT2D eigenvalue weighted by atomic mass is 16.5. The molecule has 0 aliphatic rings. The van der Waals surface area contributed by atoms with Crippen molar-refractivity contribution in [3.8, 4) is 17.5 Å². The Kier molecular flexibility index (Phi) is 4.15. The first-order valence-corrected chi connectivity index (χ1v) is 5.77. The monoisotopic (exact) mass is 261 g/mol. The molecular weight excluding hydrogens is 246 g/mol. The van der Waals surface area contributed by atoms with Gasteiger partial charge in [-0.3, -0.25) is 0 Å². The molecule has 0 aliphatic carbocycles. The number of hydrogen-bond acceptors (Lipinski definition) is 6. The van der Waals surface area contributed by atoms with Crippen LogP contribution in [0.5, 0.6) is 17.5 Å². The third-order valence-corrected chi connectivity index (χ3v) is 2.56. The van der Waals surface area contributed by atoms with E-state index in [0.29, 0.717) is 12.2 Å². The number of anilines is 1. The van der Waals surface area contributed by atoms with Crippen molar-refractivity contribution in [2.45, 2.75) is 6.42 Å². The van der Waals surface area contributed by atoms with Gasteiger partial charge in [0.05, 0.1) is 7.11 Å². The summed E-state index contributed by atoms with van der Waals surface area (Å²) in [7, 11) is 1.47. The van der Waals surface area contributed by atoms with Crippen molar-refractivity contribution in [1.29, 1.82) is 0 Å². The average molecular weight is 261 g/mol. The van der Waals surface area contributed by atoms with E-state index in [4.69, 9.17) is 20.3 Å². The van der Waals surface area contributed by atoms with Gasteiger partial charge in [0.15, 0.2) is 5.69 Å². The number of benzene rings is 1. The van der Waals surface area contributed by atoms with Crippen molar-refractivity contribution in [3.05, 3.63) is 36.2 Å². The second kappa shape index (κ2) is 6.01. The fraction of sp³-hybridized carbons (Fsp3) is 0.231. The molecule has 1 heterocycles. The van der Waals surface area contributed by atoms with Crippen LogP contribution in [0.15, 0.2) is 30.6 Å². The summed E-state index contributed by atoms with van der Waals surface area (Å²) < 4.78 is 10.7. The zero-order chi connectivity index (χ0) is 13.7. The molecule has 0 unspecified atom stereocenters. The smallest absolute Gasteiger partial charge is 0.249 e. The van der Waals surface area contributed by atoms with Gasteiger partial charge in [-0.2, -0.15) is 9.97 Å². The van der Waals surface area contributed by atoms with Crippen LogP contribution in [0.25, 0.3) is 0 Å². The molecule has 0 atom stereocenters. The standard InChI is InChI=1S/C13H15N3O3/c1-18-12-11(14)13(16-8-15-12)19-10-5-3-2-4-9(10)6-7-17/h2-5,8,17H,6-7,14H2,1H3. The van der Waals surface area contributed by atoms with Gasteiger partial charge >= 0.3 is 0 Å². The number of rotatable bonds is 5. The van der Waals surface area contributed by atoms with E-state index >= 15 is 0 Å². The van der Waals surface area contributed by atoms with Crippen LogP contribution in [-0.2, 0) is 6.42 Å². The summed E-state index contributed by atoms with van der Waals surface area (Å²) >= 11 is 0. The fourth-order valence-electron chi connectivity index (χ4n) is 1.64. The van der Waals surface area contributed by atoms with E-state index in [0.717, 1.165) is 5.56 Å². The molecule has 0 spiro atoms. The predicted octanol–water partition coefficient (Wildman–Crippen LogP) is 1.39. The maximum Gasteiger partial charge on any atom is 0.249 e. The Bertz CT molecular complexity index is 561. The van der Waals surface area contributed by atoms with Crippen molar-refractivity contribution in [3.63, 3.8) is 0 Å². The van der Waals surface area contributed by atoms with E-state index in [2.05, 4.69) is 9.97 Å². The van der Waals surface area contributed by atoms with E-state index in [1.54, 1.807) is 6.07 Å². The number of para-hydroxylation sites is 1. The third kappa shape index (κ3) is 2.92. The van der Waals surface area contributed by atoms with Crippen LogP contribution in [0, 0.1) is 0 Å². The summed E-state index contributed by atoms with van der Waals surface area (Å²) in [4.78, 5) is 7.86. The van der Waals surface area contributed by atoms with E-state index in [9.17, 15) is 0 Å². The average Bonchev–Trinajstić information content (AvgIpc) is 2.43. The number of nitrogens with two attached hydrogens (primary N) is 1. The Morgan fingerprint density at radius 2 is 1.95 bits per heavy atom. The number of nitrogen functional groups attached to an aromatic ring is 1.